The Hall–Kier alpha value is -3.59. The maximum absolute atomic E-state index is 14.0. The Kier molecular flexibility index (Phi) is 7.53. The molecule has 2 aromatic carbocycles. The van der Waals surface area contributed by atoms with Crippen LogP contribution in [0.15, 0.2) is 53.3 Å². The molecule has 3 heterocycles. The molecular weight excluding hydrogens is 520 g/mol. The lowest BCUT2D eigenvalue weighted by atomic mass is 10.1. The molecule has 9 nitrogen and oxygen atoms in total. The molecule has 2 saturated heterocycles. The van der Waals surface area contributed by atoms with Gasteiger partial charge in [-0.3, -0.25) is 14.3 Å². The lowest BCUT2D eigenvalue weighted by Crippen LogP contribution is -2.40. The Labute approximate surface area is 232 Å². The third kappa shape index (κ3) is 5.73. The molecule has 2 aliphatic rings. The molecule has 2 atom stereocenters. The highest BCUT2D eigenvalue weighted by atomic mass is 35.5. The summed E-state index contributed by atoms with van der Waals surface area (Å²) in [4.78, 5) is 48.1. The highest BCUT2D eigenvalue weighted by Gasteiger charge is 2.39. The Morgan fingerprint density at radius 3 is 2.54 bits per heavy atom. The summed E-state index contributed by atoms with van der Waals surface area (Å²) in [6.45, 7) is 6.88. The Balaban J connectivity index is 1.46. The van der Waals surface area contributed by atoms with E-state index < -0.39 is 23.8 Å². The van der Waals surface area contributed by atoms with Crippen LogP contribution >= 0.6 is 11.6 Å². The van der Waals surface area contributed by atoms with Crippen LogP contribution in [0.5, 0.6) is 0 Å². The first-order valence-corrected chi connectivity index (χ1v) is 13.7. The molecule has 39 heavy (non-hydrogen) atoms. The van der Waals surface area contributed by atoms with E-state index in [0.717, 1.165) is 12.0 Å². The first kappa shape index (κ1) is 27.0. The lowest BCUT2D eigenvalue weighted by molar-refractivity contribution is 0.0213. The molecule has 2 aliphatic heterocycles. The second-order valence-corrected chi connectivity index (χ2v) is 11.4. The number of amides is 2. The number of aromatic nitrogens is 2. The molecule has 3 aromatic rings. The van der Waals surface area contributed by atoms with Crippen LogP contribution in [-0.4, -0.2) is 56.8 Å². The number of ether oxygens (including phenoxy) is 2. The highest BCUT2D eigenvalue weighted by Crippen LogP contribution is 2.35. The van der Waals surface area contributed by atoms with Gasteiger partial charge in [-0.15, -0.1) is 0 Å². The molecule has 0 aliphatic carbocycles. The number of likely N-dealkylation sites (tertiary alicyclic amines) is 2. The molecule has 0 bridgehead atoms. The van der Waals surface area contributed by atoms with E-state index in [1.807, 2.05) is 51.1 Å². The fraction of sp³-hybridized carbons (Fsp3) is 0.448. The van der Waals surface area contributed by atoms with Gasteiger partial charge in [0.2, 0.25) is 0 Å². The molecule has 0 saturated carbocycles. The van der Waals surface area contributed by atoms with Crippen LogP contribution in [0.3, 0.4) is 0 Å². The minimum Gasteiger partial charge on any atom is -0.445 e. The van der Waals surface area contributed by atoms with Crippen molar-refractivity contribution in [1.29, 1.82) is 0 Å². The van der Waals surface area contributed by atoms with Crippen molar-refractivity contribution < 1.29 is 19.1 Å². The van der Waals surface area contributed by atoms with Gasteiger partial charge in [0.25, 0.3) is 5.56 Å². The van der Waals surface area contributed by atoms with E-state index >= 15 is 0 Å². The molecule has 0 N–H and O–H groups in total. The zero-order valence-corrected chi connectivity index (χ0v) is 23.2. The smallest absolute Gasteiger partial charge is 0.410 e. The number of halogens is 1. The molecular formula is C29H33ClN4O5. The highest BCUT2D eigenvalue weighted by molar-refractivity contribution is 6.35. The Bertz CT molecular complexity index is 1440. The van der Waals surface area contributed by atoms with Gasteiger partial charge in [0.1, 0.15) is 18.0 Å². The van der Waals surface area contributed by atoms with E-state index in [4.69, 9.17) is 26.1 Å². The minimum atomic E-state index is -0.652. The monoisotopic (exact) mass is 552 g/mol. The lowest BCUT2D eigenvalue weighted by Gasteiger charge is -2.30. The number of nitrogens with zero attached hydrogens (tertiary/aromatic N) is 4. The van der Waals surface area contributed by atoms with E-state index in [9.17, 15) is 14.4 Å². The van der Waals surface area contributed by atoms with E-state index in [0.29, 0.717) is 47.7 Å². The summed E-state index contributed by atoms with van der Waals surface area (Å²) in [6, 6.07) is 13.9. The second kappa shape index (κ2) is 10.9. The summed E-state index contributed by atoms with van der Waals surface area (Å²) in [6.07, 6.45) is 1.08. The van der Waals surface area contributed by atoms with Crippen LogP contribution in [0.2, 0.25) is 5.02 Å². The Morgan fingerprint density at radius 1 is 1.03 bits per heavy atom. The zero-order chi connectivity index (χ0) is 27.7. The molecule has 5 rings (SSSR count). The van der Waals surface area contributed by atoms with Crippen molar-refractivity contribution in [2.45, 2.75) is 64.3 Å². The van der Waals surface area contributed by atoms with Crippen molar-refractivity contribution in [3.8, 4) is 0 Å². The predicted molar refractivity (Wildman–Crippen MR) is 148 cm³/mol. The van der Waals surface area contributed by atoms with Crippen LogP contribution in [0.25, 0.3) is 10.9 Å². The number of benzene rings is 2. The van der Waals surface area contributed by atoms with Gasteiger partial charge >= 0.3 is 12.2 Å². The number of rotatable bonds is 4. The summed E-state index contributed by atoms with van der Waals surface area (Å²) in [5.41, 5.74) is 0.449. The van der Waals surface area contributed by atoms with E-state index in [1.165, 1.54) is 0 Å². The fourth-order valence-electron chi connectivity index (χ4n) is 5.31. The quantitative estimate of drug-likeness (QED) is 0.412. The minimum absolute atomic E-state index is 0.173. The summed E-state index contributed by atoms with van der Waals surface area (Å²) in [5, 5.41) is 0.646. The SMILES string of the molecule is CC(C)(C)OC(=O)N1CCCC1c1nc2cccc(Cl)c2c(=O)n1[C@H]1CCN(C(=O)OCc2ccccc2)C1. The van der Waals surface area contributed by atoms with Crippen LogP contribution in [0.4, 0.5) is 9.59 Å². The van der Waals surface area contributed by atoms with Gasteiger partial charge < -0.3 is 14.4 Å². The van der Waals surface area contributed by atoms with Crippen molar-refractivity contribution in [3.63, 3.8) is 0 Å². The summed E-state index contributed by atoms with van der Waals surface area (Å²) in [5.74, 6) is 0.489. The van der Waals surface area contributed by atoms with Crippen LogP contribution < -0.4 is 5.56 Å². The van der Waals surface area contributed by atoms with E-state index in [1.54, 1.807) is 32.6 Å². The molecule has 2 amide bonds. The number of hydrogen-bond acceptors (Lipinski definition) is 6. The average Bonchev–Trinajstić information content (AvgIpc) is 3.57. The maximum Gasteiger partial charge on any atom is 0.410 e. The van der Waals surface area contributed by atoms with Crippen LogP contribution in [0.1, 0.15) is 63.5 Å². The molecule has 0 spiro atoms. The standard InChI is InChI=1S/C29H33ClN4O5/c1-29(2,3)39-28(37)33-15-8-13-23(33)25-31-22-12-7-11-21(30)24(22)26(35)34(25)20-14-16-32(17-20)27(36)38-18-19-9-5-4-6-10-19/h4-7,9-12,20,23H,8,13-18H2,1-3H3/t20-,23?/m0/s1. The predicted octanol–water partition coefficient (Wildman–Crippen LogP) is 5.71. The zero-order valence-electron chi connectivity index (χ0n) is 22.4. The molecule has 10 heteroatoms. The van der Waals surface area contributed by atoms with Gasteiger partial charge in [-0.25, -0.2) is 14.6 Å². The molecule has 2 fully saturated rings. The summed E-state index contributed by atoms with van der Waals surface area (Å²) in [7, 11) is 0. The maximum atomic E-state index is 14.0. The van der Waals surface area contributed by atoms with Gasteiger partial charge in [0.05, 0.1) is 28.0 Å². The molecule has 1 aromatic heterocycles. The van der Waals surface area contributed by atoms with E-state index in [2.05, 4.69) is 0 Å². The van der Waals surface area contributed by atoms with Gasteiger partial charge in [-0.2, -0.15) is 0 Å². The van der Waals surface area contributed by atoms with Gasteiger partial charge in [0.15, 0.2) is 0 Å². The topological polar surface area (TPSA) is 94.0 Å². The van der Waals surface area contributed by atoms with Crippen molar-refractivity contribution in [3.05, 3.63) is 75.3 Å². The molecule has 1 unspecified atom stereocenters. The third-order valence-electron chi connectivity index (χ3n) is 7.08. The first-order valence-electron chi connectivity index (χ1n) is 13.3. The second-order valence-electron chi connectivity index (χ2n) is 11.0. The number of fused-ring (bicyclic) bond motifs is 1. The normalized spacial score (nSPS) is 19.5. The first-order chi connectivity index (χ1) is 18.6. The molecule has 0 radical (unpaired) electrons. The number of hydrogen-bond donors (Lipinski definition) is 0. The summed E-state index contributed by atoms with van der Waals surface area (Å²) < 4.78 is 12.8. The van der Waals surface area contributed by atoms with Crippen molar-refractivity contribution in [2.24, 2.45) is 0 Å². The van der Waals surface area contributed by atoms with Crippen molar-refractivity contribution >= 4 is 34.7 Å². The fourth-order valence-corrected chi connectivity index (χ4v) is 5.56. The summed E-state index contributed by atoms with van der Waals surface area (Å²) >= 11 is 6.46. The third-order valence-corrected chi connectivity index (χ3v) is 7.39. The van der Waals surface area contributed by atoms with Gasteiger partial charge in [-0.05, 0) is 57.7 Å². The van der Waals surface area contributed by atoms with E-state index in [-0.39, 0.29) is 24.8 Å². The number of carbonyl (C=O) groups is 2. The van der Waals surface area contributed by atoms with Gasteiger partial charge in [-0.1, -0.05) is 48.0 Å². The molecule has 206 valence electrons. The Morgan fingerprint density at radius 2 is 1.79 bits per heavy atom. The number of carbonyl (C=O) groups excluding carboxylic acids is 2. The van der Waals surface area contributed by atoms with Crippen LogP contribution in [-0.2, 0) is 16.1 Å². The average molecular weight is 553 g/mol. The van der Waals surface area contributed by atoms with Crippen LogP contribution in [0, 0.1) is 0 Å². The van der Waals surface area contributed by atoms with Gasteiger partial charge in [0, 0.05) is 19.6 Å². The van der Waals surface area contributed by atoms with Crippen molar-refractivity contribution in [2.75, 3.05) is 19.6 Å². The largest absolute Gasteiger partial charge is 0.445 e. The van der Waals surface area contributed by atoms with Crippen molar-refractivity contribution in [1.82, 2.24) is 19.4 Å².